The van der Waals surface area contributed by atoms with E-state index in [1.54, 1.807) is 0 Å². The Balaban J connectivity index is 1.75. The summed E-state index contributed by atoms with van der Waals surface area (Å²) in [6.45, 7) is 13.9. The highest BCUT2D eigenvalue weighted by Crippen LogP contribution is 2.25. The quantitative estimate of drug-likeness (QED) is 0.311. The largest absolute Gasteiger partial charge is 0.377 e. The van der Waals surface area contributed by atoms with Crippen LogP contribution in [0, 0.1) is 41.5 Å². The Kier molecular flexibility index (Phi) is 7.27. The topological polar surface area (TPSA) is 3.24 Å². The summed E-state index contributed by atoms with van der Waals surface area (Å²) < 4.78 is 0. The first-order valence-corrected chi connectivity index (χ1v) is 14.2. The van der Waals surface area contributed by atoms with Crippen molar-refractivity contribution in [2.24, 2.45) is 0 Å². The molecule has 0 aliphatic heterocycles. The van der Waals surface area contributed by atoms with Crippen LogP contribution in [0.25, 0.3) is 0 Å². The number of benzene rings is 4. The third-order valence-electron chi connectivity index (χ3n) is 8.57. The summed E-state index contributed by atoms with van der Waals surface area (Å²) in [4.78, 5) is 2.29. The van der Waals surface area contributed by atoms with Crippen molar-refractivity contribution in [2.75, 3.05) is 19.0 Å². The van der Waals surface area contributed by atoms with Crippen LogP contribution in [0.4, 0.5) is 5.69 Å². The van der Waals surface area contributed by atoms with Crippen LogP contribution in [0.15, 0.2) is 60.7 Å². The fraction of sp³-hybridized carbons (Fsp3) is 0.333. The fourth-order valence-electron chi connectivity index (χ4n) is 7.00. The molecule has 194 valence electrons. The first-order valence-electron chi connectivity index (χ1n) is 14.2. The van der Waals surface area contributed by atoms with Crippen LogP contribution in [0.3, 0.4) is 0 Å². The Hall–Kier alpha value is -3.26. The second-order valence-electron chi connectivity index (χ2n) is 11.9. The Bertz CT molecular complexity index is 1410. The molecule has 4 aromatic rings. The van der Waals surface area contributed by atoms with Gasteiger partial charge in [-0.2, -0.15) is 0 Å². The van der Waals surface area contributed by atoms with E-state index in [0.717, 1.165) is 25.7 Å². The molecule has 0 unspecified atom stereocenters. The number of rotatable bonds is 4. The highest BCUT2D eigenvalue weighted by molar-refractivity contribution is 6.96. The summed E-state index contributed by atoms with van der Waals surface area (Å²) in [5, 5.41) is 0. The smallest absolute Gasteiger partial charge is 0.242 e. The second-order valence-corrected chi connectivity index (χ2v) is 11.9. The minimum atomic E-state index is 0.225. The normalized spacial score (nSPS) is 12.8. The molecule has 0 N–H and O–H groups in total. The van der Waals surface area contributed by atoms with Gasteiger partial charge in [0, 0.05) is 19.8 Å². The molecule has 2 heteroatoms. The highest BCUT2D eigenvalue weighted by atomic mass is 15.1. The number of aryl methyl sites for hydroxylation is 10. The third kappa shape index (κ3) is 5.06. The Morgan fingerprint density at radius 1 is 0.526 bits per heavy atom. The van der Waals surface area contributed by atoms with Gasteiger partial charge in [0.05, 0.1) is 0 Å². The molecule has 0 amide bonds. The Labute approximate surface area is 231 Å². The minimum Gasteiger partial charge on any atom is -0.377 e. The molecule has 8 rings (SSSR count). The van der Waals surface area contributed by atoms with Gasteiger partial charge in [-0.25, -0.2) is 0 Å². The lowest BCUT2D eigenvalue weighted by molar-refractivity contribution is 0.916. The van der Waals surface area contributed by atoms with Crippen LogP contribution < -0.4 is 21.3 Å². The van der Waals surface area contributed by atoms with Crippen molar-refractivity contribution in [3.63, 3.8) is 0 Å². The van der Waals surface area contributed by atoms with E-state index in [-0.39, 0.29) is 6.71 Å². The minimum absolute atomic E-state index is 0.225. The van der Waals surface area contributed by atoms with Gasteiger partial charge in [-0.1, -0.05) is 110 Å². The number of hydrogen-bond acceptors (Lipinski definition) is 1. The zero-order chi connectivity index (χ0) is 27.1. The predicted octanol–water partition coefficient (Wildman–Crippen LogP) is 6.00. The van der Waals surface area contributed by atoms with Crippen LogP contribution in [-0.2, 0) is 25.7 Å². The van der Waals surface area contributed by atoms with Crippen molar-refractivity contribution in [1.29, 1.82) is 0 Å². The van der Waals surface area contributed by atoms with Crippen molar-refractivity contribution < 1.29 is 0 Å². The van der Waals surface area contributed by atoms with Gasteiger partial charge >= 0.3 is 0 Å². The van der Waals surface area contributed by atoms with E-state index < -0.39 is 0 Å². The molecule has 0 spiro atoms. The standard InChI is InChI=1S/C36H42BN/c1-23-17-25(3)35(26(4)18-23)37(36-27(5)19-24(2)20-28(36)6)33-21-29-9-10-30-12-14-32(34(22-30)38(7)8)16-15-31(33)13-11-29/h11-14,17-22H,9-10,15-16H2,1-8H3. The molecule has 4 aromatic carbocycles. The van der Waals surface area contributed by atoms with Crippen molar-refractivity contribution in [1.82, 2.24) is 0 Å². The van der Waals surface area contributed by atoms with Crippen LogP contribution in [0.1, 0.15) is 55.6 Å². The zero-order valence-electron chi connectivity index (χ0n) is 24.6. The molecule has 0 aromatic heterocycles. The van der Waals surface area contributed by atoms with Gasteiger partial charge in [0.1, 0.15) is 0 Å². The molecule has 0 fully saturated rings. The summed E-state index contributed by atoms with van der Waals surface area (Å²) in [6, 6.07) is 24.0. The Morgan fingerprint density at radius 2 is 0.974 bits per heavy atom. The maximum Gasteiger partial charge on any atom is 0.242 e. The second kappa shape index (κ2) is 10.5. The van der Waals surface area contributed by atoms with Gasteiger partial charge in [-0.3, -0.25) is 0 Å². The molecule has 38 heavy (non-hydrogen) atoms. The molecule has 0 saturated carbocycles. The van der Waals surface area contributed by atoms with E-state index >= 15 is 0 Å². The SMILES string of the molecule is Cc1cc(C)c(B(c2cc3ccc2CCc2ccc(cc2N(C)C)CC3)c2c(C)cc(C)cc2C)c(C)c1. The first-order chi connectivity index (χ1) is 18.1. The summed E-state index contributed by atoms with van der Waals surface area (Å²) in [5.41, 5.74) is 19.9. The molecule has 1 nitrogen and oxygen atoms in total. The highest BCUT2D eigenvalue weighted by Gasteiger charge is 2.30. The maximum absolute atomic E-state index is 2.55. The van der Waals surface area contributed by atoms with Crippen LogP contribution in [-0.4, -0.2) is 20.8 Å². The molecule has 0 atom stereocenters. The fourth-order valence-corrected chi connectivity index (χ4v) is 7.00. The number of anilines is 1. The Morgan fingerprint density at radius 3 is 1.47 bits per heavy atom. The molecule has 4 bridgehead atoms. The molecular formula is C36H42BN. The summed E-state index contributed by atoms with van der Waals surface area (Å²) >= 11 is 0. The van der Waals surface area contributed by atoms with E-state index in [0.29, 0.717) is 0 Å². The van der Waals surface area contributed by atoms with Gasteiger partial charge in [-0.05, 0) is 90.0 Å². The van der Waals surface area contributed by atoms with Crippen LogP contribution in [0.5, 0.6) is 0 Å². The number of nitrogens with zero attached hydrogens (tertiary/aromatic N) is 1. The predicted molar refractivity (Wildman–Crippen MR) is 168 cm³/mol. The number of hydrogen-bond donors (Lipinski definition) is 0. The molecule has 4 aliphatic carbocycles. The van der Waals surface area contributed by atoms with E-state index in [1.165, 1.54) is 77.7 Å². The first kappa shape index (κ1) is 26.4. The van der Waals surface area contributed by atoms with Gasteiger partial charge in [0.2, 0.25) is 6.71 Å². The summed E-state index contributed by atoms with van der Waals surface area (Å²) in [7, 11) is 4.35. The van der Waals surface area contributed by atoms with Gasteiger partial charge in [0.25, 0.3) is 0 Å². The van der Waals surface area contributed by atoms with E-state index in [4.69, 9.17) is 0 Å². The average Bonchev–Trinajstić information content (AvgIpc) is 2.83. The molecule has 0 radical (unpaired) electrons. The molecule has 0 saturated heterocycles. The summed E-state index contributed by atoms with van der Waals surface area (Å²) in [5.74, 6) is 0. The lowest BCUT2D eigenvalue weighted by Crippen LogP contribution is -2.57. The van der Waals surface area contributed by atoms with Gasteiger partial charge in [0.15, 0.2) is 0 Å². The van der Waals surface area contributed by atoms with Gasteiger partial charge in [-0.15, -0.1) is 0 Å². The van der Waals surface area contributed by atoms with Crippen molar-refractivity contribution in [3.05, 3.63) is 116 Å². The van der Waals surface area contributed by atoms with Gasteiger partial charge < -0.3 is 4.90 Å². The monoisotopic (exact) mass is 499 g/mol. The molecular weight excluding hydrogens is 457 g/mol. The lowest BCUT2D eigenvalue weighted by Gasteiger charge is -2.27. The van der Waals surface area contributed by atoms with E-state index in [9.17, 15) is 0 Å². The van der Waals surface area contributed by atoms with Crippen molar-refractivity contribution >= 4 is 28.8 Å². The molecule has 4 aliphatic rings. The lowest BCUT2D eigenvalue weighted by atomic mass is 9.33. The summed E-state index contributed by atoms with van der Waals surface area (Å²) in [6.07, 6.45) is 4.21. The zero-order valence-corrected chi connectivity index (χ0v) is 24.6. The third-order valence-corrected chi connectivity index (χ3v) is 8.57. The van der Waals surface area contributed by atoms with E-state index in [2.05, 4.69) is 121 Å². The van der Waals surface area contributed by atoms with Crippen molar-refractivity contribution in [2.45, 2.75) is 67.2 Å². The van der Waals surface area contributed by atoms with Crippen LogP contribution >= 0.6 is 0 Å². The average molecular weight is 500 g/mol. The van der Waals surface area contributed by atoms with E-state index in [1.807, 2.05) is 0 Å². The molecule has 0 heterocycles. The maximum atomic E-state index is 2.55. The van der Waals surface area contributed by atoms with Crippen molar-refractivity contribution in [3.8, 4) is 0 Å². The van der Waals surface area contributed by atoms with Crippen LogP contribution in [0.2, 0.25) is 0 Å².